The second-order valence-corrected chi connectivity index (χ2v) is 10.1. The van der Waals surface area contributed by atoms with E-state index in [9.17, 15) is 9.59 Å². The van der Waals surface area contributed by atoms with E-state index in [4.69, 9.17) is 14.6 Å². The molecule has 11 heteroatoms. The van der Waals surface area contributed by atoms with Crippen molar-refractivity contribution in [1.82, 2.24) is 24.6 Å². The molecule has 0 saturated carbocycles. The highest BCUT2D eigenvalue weighted by atomic mass is 32.2. The van der Waals surface area contributed by atoms with Crippen molar-refractivity contribution in [2.75, 3.05) is 20.0 Å². The van der Waals surface area contributed by atoms with Gasteiger partial charge in [-0.2, -0.15) is 5.10 Å². The van der Waals surface area contributed by atoms with E-state index in [-0.39, 0.29) is 23.3 Å². The Labute approximate surface area is 222 Å². The van der Waals surface area contributed by atoms with Crippen LogP contribution in [-0.2, 0) is 17.6 Å². The number of aryl methyl sites for hydroxylation is 1. The van der Waals surface area contributed by atoms with Gasteiger partial charge in [-0.1, -0.05) is 23.9 Å². The Hall–Kier alpha value is -4.12. The molecule has 4 aromatic rings. The first-order valence-corrected chi connectivity index (χ1v) is 13.3. The Morgan fingerprint density at radius 3 is 2.45 bits per heavy atom. The van der Waals surface area contributed by atoms with E-state index in [0.717, 1.165) is 58.9 Å². The summed E-state index contributed by atoms with van der Waals surface area (Å²) in [5.41, 5.74) is 4.34. The number of carbonyl (C=O) groups excluding carboxylic acids is 1. The van der Waals surface area contributed by atoms with Crippen LogP contribution in [0.4, 0.5) is 0 Å². The van der Waals surface area contributed by atoms with Gasteiger partial charge in [-0.15, -0.1) is 10.2 Å². The summed E-state index contributed by atoms with van der Waals surface area (Å²) in [5.74, 6) is 1.90. The number of aromatic amines is 1. The molecule has 2 aromatic carbocycles. The number of nitrogens with one attached hydrogen (secondary N) is 1. The average Bonchev–Trinajstić information content (AvgIpc) is 3.70. The van der Waals surface area contributed by atoms with E-state index >= 15 is 0 Å². The van der Waals surface area contributed by atoms with Crippen LogP contribution >= 0.6 is 11.8 Å². The van der Waals surface area contributed by atoms with E-state index < -0.39 is 0 Å². The average molecular weight is 531 g/mol. The second kappa shape index (κ2) is 9.97. The fraction of sp³-hybridized carbons (Fsp3) is 0.296. The molecule has 0 spiro atoms. The molecule has 1 aliphatic carbocycles. The summed E-state index contributed by atoms with van der Waals surface area (Å²) in [6.45, 7) is 0. The Bertz CT molecular complexity index is 1590. The zero-order valence-corrected chi connectivity index (χ0v) is 21.8. The summed E-state index contributed by atoms with van der Waals surface area (Å²) < 4.78 is 12.5. The number of hydrazone groups is 1. The molecule has 6 rings (SSSR count). The highest BCUT2D eigenvalue weighted by molar-refractivity contribution is 7.99. The molecule has 1 amide bonds. The molecule has 0 saturated heterocycles. The standard InChI is InChI=1S/C27H26N6O4S/c1-36-18-10-6-16(7-11-18)21-14-23(17-8-12-19(37-2)13-9-17)33(31-21)24(34)15-38-27-30-29-26-28-25(35)20-4-3-5-22(20)32(26)27/h6-13,23H,3-5,14-15H2,1-2H3,(H,28,29,35). The van der Waals surface area contributed by atoms with Gasteiger partial charge in [-0.3, -0.25) is 19.0 Å². The number of hydrogen-bond acceptors (Lipinski definition) is 8. The van der Waals surface area contributed by atoms with Gasteiger partial charge < -0.3 is 9.47 Å². The molecular weight excluding hydrogens is 504 g/mol. The van der Waals surface area contributed by atoms with Crippen LogP contribution in [0.25, 0.3) is 5.78 Å². The summed E-state index contributed by atoms with van der Waals surface area (Å²) in [7, 11) is 3.26. The number of nitrogens with zero attached hydrogens (tertiary/aromatic N) is 5. The second-order valence-electron chi connectivity index (χ2n) is 9.17. The topological polar surface area (TPSA) is 114 Å². The normalized spacial score (nSPS) is 16.5. The molecule has 0 fully saturated rings. The summed E-state index contributed by atoms with van der Waals surface area (Å²) >= 11 is 1.30. The summed E-state index contributed by atoms with van der Waals surface area (Å²) in [4.78, 5) is 28.7. The van der Waals surface area contributed by atoms with E-state index in [2.05, 4.69) is 15.2 Å². The van der Waals surface area contributed by atoms with E-state index in [1.807, 2.05) is 52.9 Å². The Kier molecular flexibility index (Phi) is 6.36. The van der Waals surface area contributed by atoms with Gasteiger partial charge in [-0.25, -0.2) is 5.01 Å². The van der Waals surface area contributed by atoms with Gasteiger partial charge in [0.05, 0.1) is 31.7 Å². The zero-order valence-electron chi connectivity index (χ0n) is 21.0. The van der Waals surface area contributed by atoms with Crippen molar-refractivity contribution in [1.29, 1.82) is 0 Å². The van der Waals surface area contributed by atoms with Gasteiger partial charge in [-0.05, 0) is 66.8 Å². The molecule has 1 aliphatic heterocycles. The van der Waals surface area contributed by atoms with Crippen molar-refractivity contribution in [2.24, 2.45) is 5.10 Å². The van der Waals surface area contributed by atoms with Crippen molar-refractivity contribution < 1.29 is 14.3 Å². The Balaban J connectivity index is 1.28. The van der Waals surface area contributed by atoms with Crippen LogP contribution in [0.1, 0.15) is 41.3 Å². The number of ether oxygens (including phenoxy) is 2. The maximum absolute atomic E-state index is 13.6. The van der Waals surface area contributed by atoms with Gasteiger partial charge in [0, 0.05) is 17.7 Å². The maximum atomic E-state index is 13.6. The van der Waals surface area contributed by atoms with Crippen molar-refractivity contribution in [2.45, 2.75) is 36.9 Å². The quantitative estimate of drug-likeness (QED) is 0.364. The highest BCUT2D eigenvalue weighted by Gasteiger charge is 2.33. The molecule has 1 N–H and O–H groups in total. The zero-order chi connectivity index (χ0) is 26.2. The number of thioether (sulfide) groups is 1. The summed E-state index contributed by atoms with van der Waals surface area (Å²) in [5, 5.41) is 15.3. The molecular formula is C27H26N6O4S. The van der Waals surface area contributed by atoms with Gasteiger partial charge in [0.2, 0.25) is 5.78 Å². The van der Waals surface area contributed by atoms with Crippen LogP contribution in [0, 0.1) is 0 Å². The minimum Gasteiger partial charge on any atom is -0.497 e. The lowest BCUT2D eigenvalue weighted by Crippen LogP contribution is -2.28. The number of aromatic nitrogens is 4. The molecule has 1 unspecified atom stereocenters. The van der Waals surface area contributed by atoms with Crippen molar-refractivity contribution in [3.63, 3.8) is 0 Å². The number of fused-ring (bicyclic) bond motifs is 3. The van der Waals surface area contributed by atoms with Crippen molar-refractivity contribution >= 4 is 29.2 Å². The fourth-order valence-electron chi connectivity index (χ4n) is 5.06. The highest BCUT2D eigenvalue weighted by Crippen LogP contribution is 2.35. The number of hydrogen-bond donors (Lipinski definition) is 1. The minimum absolute atomic E-state index is 0.107. The first-order chi connectivity index (χ1) is 18.6. The van der Waals surface area contributed by atoms with Crippen LogP contribution in [-0.4, -0.2) is 56.2 Å². The number of benzene rings is 2. The van der Waals surface area contributed by atoms with E-state index in [1.54, 1.807) is 19.2 Å². The monoisotopic (exact) mass is 530 g/mol. The maximum Gasteiger partial charge on any atom is 0.255 e. The van der Waals surface area contributed by atoms with Gasteiger partial charge >= 0.3 is 0 Å². The lowest BCUT2D eigenvalue weighted by Gasteiger charge is -2.22. The van der Waals surface area contributed by atoms with E-state index in [1.165, 1.54) is 11.8 Å². The lowest BCUT2D eigenvalue weighted by atomic mass is 9.98. The van der Waals surface area contributed by atoms with Crippen LogP contribution in [0.3, 0.4) is 0 Å². The van der Waals surface area contributed by atoms with Crippen molar-refractivity contribution in [3.8, 4) is 11.5 Å². The number of amides is 1. The first kappa shape index (κ1) is 24.2. The SMILES string of the molecule is COc1ccc(C2=NN(C(=O)CSc3nnc4[nH]c(=O)c5c(n34)CCC5)C(c3ccc(OC)cc3)C2)cc1. The first-order valence-electron chi connectivity index (χ1n) is 12.4. The van der Waals surface area contributed by atoms with Gasteiger partial charge in [0.25, 0.3) is 11.5 Å². The molecule has 2 aliphatic rings. The molecule has 3 heterocycles. The molecule has 2 aromatic heterocycles. The lowest BCUT2D eigenvalue weighted by molar-refractivity contribution is -0.130. The Morgan fingerprint density at radius 2 is 1.74 bits per heavy atom. The largest absolute Gasteiger partial charge is 0.497 e. The predicted octanol–water partition coefficient (Wildman–Crippen LogP) is 3.39. The molecule has 0 radical (unpaired) electrons. The third kappa shape index (κ3) is 4.32. The third-order valence-corrected chi connectivity index (χ3v) is 7.92. The molecule has 194 valence electrons. The smallest absolute Gasteiger partial charge is 0.255 e. The predicted molar refractivity (Wildman–Crippen MR) is 143 cm³/mol. The van der Waals surface area contributed by atoms with Gasteiger partial charge in [0.15, 0.2) is 5.16 Å². The van der Waals surface area contributed by atoms with E-state index in [0.29, 0.717) is 17.4 Å². The number of rotatable bonds is 7. The van der Waals surface area contributed by atoms with Crippen molar-refractivity contribution in [3.05, 3.63) is 81.3 Å². The van der Waals surface area contributed by atoms with Crippen LogP contribution in [0.15, 0.2) is 63.6 Å². The number of carbonyl (C=O) groups is 1. The van der Waals surface area contributed by atoms with Crippen LogP contribution in [0.2, 0.25) is 0 Å². The third-order valence-electron chi connectivity index (χ3n) is 7.01. The van der Waals surface area contributed by atoms with Gasteiger partial charge in [0.1, 0.15) is 11.5 Å². The number of H-pyrrole nitrogens is 1. The molecule has 38 heavy (non-hydrogen) atoms. The number of methoxy groups -OCH3 is 2. The fourth-order valence-corrected chi connectivity index (χ4v) is 5.87. The van der Waals surface area contributed by atoms with Crippen LogP contribution in [0.5, 0.6) is 11.5 Å². The Morgan fingerprint density at radius 1 is 1.03 bits per heavy atom. The molecule has 10 nitrogen and oxygen atoms in total. The summed E-state index contributed by atoms with van der Waals surface area (Å²) in [6.07, 6.45) is 3.02. The van der Waals surface area contributed by atoms with Crippen LogP contribution < -0.4 is 15.0 Å². The molecule has 0 bridgehead atoms. The minimum atomic E-state index is -0.248. The molecule has 1 atom stereocenters. The summed E-state index contributed by atoms with van der Waals surface area (Å²) in [6, 6.07) is 15.2.